The molecule has 0 unspecified atom stereocenters. The molecule has 0 bridgehead atoms. The summed E-state index contributed by atoms with van der Waals surface area (Å²) in [4.78, 5) is 0.252. The van der Waals surface area contributed by atoms with Gasteiger partial charge < -0.3 is 0 Å². The SMILES string of the molecule is CCc1ccc(S(=O)(=O)NSSNS(=O)(=O)c2ccc(CC)cc2)cc1. The van der Waals surface area contributed by atoms with Gasteiger partial charge >= 0.3 is 0 Å². The van der Waals surface area contributed by atoms with E-state index in [2.05, 4.69) is 8.25 Å². The molecule has 0 radical (unpaired) electrons. The summed E-state index contributed by atoms with van der Waals surface area (Å²) in [7, 11) is -6.07. The second-order valence-electron chi connectivity index (χ2n) is 5.34. The third-order valence-corrected chi connectivity index (χ3v) is 9.26. The van der Waals surface area contributed by atoms with Gasteiger partial charge in [0, 0.05) is 22.0 Å². The van der Waals surface area contributed by atoms with E-state index in [9.17, 15) is 16.8 Å². The fourth-order valence-electron chi connectivity index (χ4n) is 2.03. The van der Waals surface area contributed by atoms with Crippen LogP contribution in [-0.4, -0.2) is 16.8 Å². The largest absolute Gasteiger partial charge is 0.250 e. The summed E-state index contributed by atoms with van der Waals surface area (Å²) in [6.45, 7) is 3.96. The van der Waals surface area contributed by atoms with E-state index in [0.29, 0.717) is 22.0 Å². The van der Waals surface area contributed by atoms with E-state index in [1.807, 2.05) is 13.8 Å². The smallest absolute Gasteiger partial charge is 0.206 e. The molecule has 2 aromatic carbocycles. The monoisotopic (exact) mass is 432 g/mol. The summed E-state index contributed by atoms with van der Waals surface area (Å²) < 4.78 is 53.3. The van der Waals surface area contributed by atoms with Crippen molar-refractivity contribution in [1.29, 1.82) is 0 Å². The molecule has 26 heavy (non-hydrogen) atoms. The maximum Gasteiger partial charge on any atom is 0.250 e. The molecule has 0 heterocycles. The number of hydrogen-bond acceptors (Lipinski definition) is 6. The molecule has 0 atom stereocenters. The Hall–Kier alpha value is -1.04. The lowest BCUT2D eigenvalue weighted by atomic mass is 10.2. The van der Waals surface area contributed by atoms with E-state index < -0.39 is 20.0 Å². The Balaban J connectivity index is 1.91. The molecule has 0 fully saturated rings. The van der Waals surface area contributed by atoms with E-state index in [1.165, 1.54) is 24.3 Å². The summed E-state index contributed by atoms with van der Waals surface area (Å²) >= 11 is 0. The van der Waals surface area contributed by atoms with Crippen molar-refractivity contribution in [3.05, 3.63) is 59.7 Å². The first kappa shape index (κ1) is 21.3. The van der Waals surface area contributed by atoms with Crippen LogP contribution in [-0.2, 0) is 32.9 Å². The molecule has 142 valence electrons. The number of hydrogen-bond donors (Lipinski definition) is 2. The summed E-state index contributed by atoms with van der Waals surface area (Å²) in [5, 5.41) is 0. The number of nitrogens with one attached hydrogen (secondary N) is 2. The van der Waals surface area contributed by atoms with Gasteiger partial charge in [0.15, 0.2) is 0 Å². The molecule has 0 spiro atoms. The van der Waals surface area contributed by atoms with E-state index in [-0.39, 0.29) is 9.79 Å². The van der Waals surface area contributed by atoms with Gasteiger partial charge in [0.25, 0.3) is 0 Å². The zero-order chi connectivity index (χ0) is 19.2. The van der Waals surface area contributed by atoms with Gasteiger partial charge in [-0.1, -0.05) is 38.1 Å². The standard InChI is InChI=1S/C16H20N2O4S4/c1-3-13-5-9-15(10-6-13)25(19,20)17-23-24-18-26(21,22)16-11-7-14(4-2)8-12-16/h5-12,17-18H,3-4H2,1-2H3. The maximum absolute atomic E-state index is 12.2. The van der Waals surface area contributed by atoms with E-state index >= 15 is 0 Å². The van der Waals surface area contributed by atoms with Gasteiger partial charge in [-0.2, -0.15) is 0 Å². The minimum Gasteiger partial charge on any atom is -0.206 e. The van der Waals surface area contributed by atoms with Crippen LogP contribution in [0.5, 0.6) is 0 Å². The molecule has 2 aromatic rings. The molecular formula is C16H20N2O4S4. The summed E-state index contributed by atoms with van der Waals surface area (Å²) in [5.41, 5.74) is 2.07. The van der Waals surface area contributed by atoms with Crippen molar-refractivity contribution in [2.75, 3.05) is 0 Å². The molecule has 0 amide bonds. The van der Waals surface area contributed by atoms with E-state index in [4.69, 9.17) is 0 Å². The number of sulfonamides is 2. The number of aryl methyl sites for hydroxylation is 2. The van der Waals surface area contributed by atoms with Gasteiger partial charge in [0.05, 0.1) is 9.79 Å². The molecule has 0 saturated heterocycles. The first-order valence-corrected chi connectivity index (χ1v) is 12.9. The highest BCUT2D eigenvalue weighted by molar-refractivity contribution is 8.77. The van der Waals surface area contributed by atoms with Crippen LogP contribution in [0.2, 0.25) is 0 Å². The Morgan fingerprint density at radius 1 is 0.654 bits per heavy atom. The Morgan fingerprint density at radius 2 is 0.962 bits per heavy atom. The Bertz CT molecular complexity index is 846. The van der Waals surface area contributed by atoms with E-state index in [0.717, 1.165) is 24.0 Å². The van der Waals surface area contributed by atoms with Crippen molar-refractivity contribution in [1.82, 2.24) is 8.25 Å². The molecule has 0 aliphatic heterocycles. The van der Waals surface area contributed by atoms with Gasteiger partial charge in [0.2, 0.25) is 20.0 Å². The number of rotatable bonds is 9. The molecule has 0 saturated carbocycles. The quantitative estimate of drug-likeness (QED) is 0.359. The highest BCUT2D eigenvalue weighted by atomic mass is 33.1. The van der Waals surface area contributed by atoms with Gasteiger partial charge in [-0.3, -0.25) is 0 Å². The molecule has 2 N–H and O–H groups in total. The van der Waals surface area contributed by atoms with Gasteiger partial charge in [0.1, 0.15) is 0 Å². The molecule has 2 rings (SSSR count). The molecular weight excluding hydrogens is 412 g/mol. The first-order valence-electron chi connectivity index (χ1n) is 7.82. The van der Waals surface area contributed by atoms with Crippen molar-refractivity contribution < 1.29 is 16.8 Å². The third kappa shape index (κ3) is 5.73. The number of benzene rings is 2. The van der Waals surface area contributed by atoms with Crippen LogP contribution in [0.4, 0.5) is 0 Å². The normalized spacial score (nSPS) is 12.2. The predicted octanol–water partition coefficient (Wildman–Crippen LogP) is 3.28. The van der Waals surface area contributed by atoms with Crippen LogP contribution < -0.4 is 8.25 Å². The summed E-state index contributed by atoms with van der Waals surface area (Å²) in [6, 6.07) is 13.1. The third-order valence-electron chi connectivity index (χ3n) is 3.61. The van der Waals surface area contributed by atoms with Crippen LogP contribution in [0.25, 0.3) is 0 Å². The molecule has 6 nitrogen and oxygen atoms in total. The molecule has 0 aliphatic carbocycles. The second-order valence-corrected chi connectivity index (χ2v) is 11.0. The predicted molar refractivity (Wildman–Crippen MR) is 107 cm³/mol. The van der Waals surface area contributed by atoms with Crippen molar-refractivity contribution in [3.8, 4) is 0 Å². The average molecular weight is 433 g/mol. The van der Waals surface area contributed by atoms with Gasteiger partial charge in [-0.05, 0) is 48.2 Å². The fourth-order valence-corrected chi connectivity index (χ4v) is 7.00. The van der Waals surface area contributed by atoms with Crippen molar-refractivity contribution >= 4 is 42.0 Å². The Labute approximate surface area is 162 Å². The van der Waals surface area contributed by atoms with Crippen molar-refractivity contribution in [3.63, 3.8) is 0 Å². The van der Waals surface area contributed by atoms with E-state index in [1.54, 1.807) is 24.3 Å². The minimum atomic E-state index is -3.72. The van der Waals surface area contributed by atoms with Crippen molar-refractivity contribution in [2.45, 2.75) is 36.5 Å². The van der Waals surface area contributed by atoms with Crippen molar-refractivity contribution in [2.24, 2.45) is 0 Å². The first-order chi connectivity index (χ1) is 12.3. The zero-order valence-corrected chi connectivity index (χ0v) is 17.6. The van der Waals surface area contributed by atoms with Crippen LogP contribution in [0.15, 0.2) is 58.3 Å². The lowest BCUT2D eigenvalue weighted by Crippen LogP contribution is -2.19. The maximum atomic E-state index is 12.2. The highest BCUT2D eigenvalue weighted by Gasteiger charge is 2.17. The second kappa shape index (κ2) is 9.25. The zero-order valence-electron chi connectivity index (χ0n) is 14.3. The van der Waals surface area contributed by atoms with Crippen LogP contribution in [0.3, 0.4) is 0 Å². The molecule has 0 aromatic heterocycles. The average Bonchev–Trinajstić information content (AvgIpc) is 2.65. The Morgan fingerprint density at radius 3 is 1.23 bits per heavy atom. The van der Waals surface area contributed by atoms with Crippen LogP contribution in [0, 0.1) is 0 Å². The lowest BCUT2D eigenvalue weighted by molar-refractivity contribution is 0.592. The topological polar surface area (TPSA) is 92.3 Å². The highest BCUT2D eigenvalue weighted by Crippen LogP contribution is 2.22. The fraction of sp³-hybridized carbons (Fsp3) is 0.250. The van der Waals surface area contributed by atoms with Gasteiger partial charge in [-0.25, -0.2) is 16.8 Å². The summed E-state index contributed by atoms with van der Waals surface area (Å²) in [5.74, 6) is 0. The minimum absolute atomic E-state index is 0.126. The summed E-state index contributed by atoms with van der Waals surface area (Å²) in [6.07, 6.45) is 1.64. The van der Waals surface area contributed by atoms with Crippen LogP contribution >= 0.6 is 22.0 Å². The Kier molecular flexibility index (Phi) is 7.56. The van der Waals surface area contributed by atoms with Gasteiger partial charge in [-0.15, -0.1) is 8.25 Å². The molecule has 0 aliphatic rings. The van der Waals surface area contributed by atoms with Crippen LogP contribution in [0.1, 0.15) is 25.0 Å². The molecule has 10 heteroatoms. The lowest BCUT2D eigenvalue weighted by Gasteiger charge is -2.08.